The highest BCUT2D eigenvalue weighted by atomic mass is 32.2. The van der Waals surface area contributed by atoms with Crippen LogP contribution in [0, 0.1) is 0 Å². The van der Waals surface area contributed by atoms with E-state index in [1.54, 1.807) is 6.07 Å². The van der Waals surface area contributed by atoms with Crippen LogP contribution in [-0.2, 0) is 21.2 Å². The maximum atomic E-state index is 12.6. The van der Waals surface area contributed by atoms with Crippen LogP contribution in [0.25, 0.3) is 0 Å². The predicted octanol–water partition coefficient (Wildman–Crippen LogP) is 3.03. The van der Waals surface area contributed by atoms with E-state index in [1.165, 1.54) is 17.8 Å². The first-order valence-electron chi connectivity index (χ1n) is 11.4. The van der Waals surface area contributed by atoms with Gasteiger partial charge < -0.3 is 9.45 Å². The lowest BCUT2D eigenvalue weighted by Gasteiger charge is -2.36. The molecule has 0 amide bonds. The molecule has 0 aliphatic carbocycles. The van der Waals surface area contributed by atoms with Crippen LogP contribution in [0.2, 0.25) is 0 Å². The second-order valence-corrected chi connectivity index (χ2v) is 11.4. The van der Waals surface area contributed by atoms with E-state index in [1.807, 2.05) is 13.0 Å². The number of piperazine rings is 1. The number of anilines is 1. The van der Waals surface area contributed by atoms with Gasteiger partial charge in [0.05, 0.1) is 0 Å². The quantitative estimate of drug-likeness (QED) is 0.294. The van der Waals surface area contributed by atoms with Gasteiger partial charge in [-0.25, -0.2) is 13.6 Å². The lowest BCUT2D eigenvalue weighted by Crippen LogP contribution is -2.46. The first-order valence-corrected chi connectivity index (χ1v) is 14.3. The summed E-state index contributed by atoms with van der Waals surface area (Å²) >= 11 is -1.47. The van der Waals surface area contributed by atoms with Gasteiger partial charge in [-0.15, -0.1) is 0 Å². The fourth-order valence-electron chi connectivity index (χ4n) is 4.02. The third kappa shape index (κ3) is 7.28. The highest BCUT2D eigenvalue weighted by Crippen LogP contribution is 2.24. The van der Waals surface area contributed by atoms with Crippen LogP contribution < -0.4 is 10.0 Å². The van der Waals surface area contributed by atoms with Gasteiger partial charge in [-0.05, 0) is 67.3 Å². The SMILES string of the molecule is CCC[S+]([O-])c1ccc(C(=O)CCCCN2CCN(c3ccccc3)CC2)cc1S(N)(=O)=O. The maximum Gasteiger partial charge on any atom is 0.243 e. The van der Waals surface area contributed by atoms with Crippen molar-refractivity contribution < 1.29 is 17.8 Å². The molecule has 3 rings (SSSR count). The molecular formula is C24H33N3O4S2. The number of benzene rings is 2. The number of hydrogen-bond donors (Lipinski definition) is 1. The van der Waals surface area contributed by atoms with Gasteiger partial charge in [-0.1, -0.05) is 25.1 Å². The first-order chi connectivity index (χ1) is 15.8. The Morgan fingerprint density at radius 2 is 1.76 bits per heavy atom. The largest absolute Gasteiger partial charge is 0.611 e. The van der Waals surface area contributed by atoms with E-state index in [0.29, 0.717) is 24.2 Å². The summed E-state index contributed by atoms with van der Waals surface area (Å²) in [7, 11) is -4.07. The van der Waals surface area contributed by atoms with Gasteiger partial charge in [-0.2, -0.15) is 0 Å². The molecule has 9 heteroatoms. The van der Waals surface area contributed by atoms with E-state index in [9.17, 15) is 17.8 Å². The number of carbonyl (C=O) groups excluding carboxylic acids is 1. The highest BCUT2D eigenvalue weighted by molar-refractivity contribution is 7.93. The standard InChI is InChI=1S/C24H33N3O4S2/c1-2-18-32(29)23-12-11-20(19-24(23)33(25,30)31)22(28)10-6-7-13-26-14-16-27(17-15-26)21-8-4-3-5-9-21/h3-5,8-9,11-12,19H,2,6-7,10,13-18H2,1H3,(H2,25,30,31). The van der Waals surface area contributed by atoms with Crippen molar-refractivity contribution in [2.24, 2.45) is 5.14 Å². The van der Waals surface area contributed by atoms with Crippen molar-refractivity contribution in [3.05, 3.63) is 54.1 Å². The summed E-state index contributed by atoms with van der Waals surface area (Å²) in [5.41, 5.74) is 1.55. The maximum absolute atomic E-state index is 12.6. The Morgan fingerprint density at radius 1 is 1.06 bits per heavy atom. The molecular weight excluding hydrogens is 458 g/mol. The third-order valence-corrected chi connectivity index (χ3v) is 8.53. The number of para-hydroxylation sites is 1. The third-order valence-electron chi connectivity index (χ3n) is 5.83. The summed E-state index contributed by atoms with van der Waals surface area (Å²) in [4.78, 5) is 17.4. The number of hydrogen-bond acceptors (Lipinski definition) is 6. The minimum Gasteiger partial charge on any atom is -0.611 e. The number of sulfonamides is 1. The van der Waals surface area contributed by atoms with Crippen LogP contribution in [-0.4, -0.2) is 62.1 Å². The lowest BCUT2D eigenvalue weighted by molar-refractivity contribution is 0.0977. The smallest absolute Gasteiger partial charge is 0.243 e. The van der Waals surface area contributed by atoms with E-state index >= 15 is 0 Å². The van der Waals surface area contributed by atoms with Crippen molar-refractivity contribution in [1.29, 1.82) is 0 Å². The second-order valence-electron chi connectivity index (χ2n) is 8.30. The molecule has 180 valence electrons. The van der Waals surface area contributed by atoms with Gasteiger partial charge in [-0.3, -0.25) is 9.69 Å². The molecule has 1 aliphatic rings. The van der Waals surface area contributed by atoms with Crippen LogP contribution in [0.3, 0.4) is 0 Å². The Labute approximate surface area is 200 Å². The molecule has 7 nitrogen and oxygen atoms in total. The second kappa shape index (κ2) is 12.0. The average Bonchev–Trinajstić information content (AvgIpc) is 2.82. The molecule has 1 fully saturated rings. The van der Waals surface area contributed by atoms with Gasteiger partial charge in [0.2, 0.25) is 10.0 Å². The number of Topliss-reactive ketones (excluding diaryl/α,β-unsaturated/α-hetero) is 1. The molecule has 2 aromatic rings. The van der Waals surface area contributed by atoms with Crippen LogP contribution in [0.4, 0.5) is 5.69 Å². The molecule has 2 aromatic carbocycles. The van der Waals surface area contributed by atoms with Crippen molar-refractivity contribution >= 4 is 32.7 Å². The number of primary sulfonamides is 1. The lowest BCUT2D eigenvalue weighted by atomic mass is 10.1. The zero-order chi connectivity index (χ0) is 23.8. The molecule has 0 radical (unpaired) electrons. The average molecular weight is 492 g/mol. The number of rotatable bonds is 11. The van der Waals surface area contributed by atoms with E-state index < -0.39 is 21.2 Å². The van der Waals surface area contributed by atoms with E-state index in [0.717, 1.165) is 45.6 Å². The monoisotopic (exact) mass is 491 g/mol. The zero-order valence-electron chi connectivity index (χ0n) is 19.1. The van der Waals surface area contributed by atoms with Crippen molar-refractivity contribution in [3.8, 4) is 0 Å². The molecule has 0 spiro atoms. The zero-order valence-corrected chi connectivity index (χ0v) is 20.7. The molecule has 0 bridgehead atoms. The van der Waals surface area contributed by atoms with E-state index in [2.05, 4.69) is 34.1 Å². The number of ketones is 1. The first kappa shape index (κ1) is 25.7. The number of nitrogens with zero attached hydrogens (tertiary/aromatic N) is 2. The van der Waals surface area contributed by atoms with Crippen LogP contribution >= 0.6 is 0 Å². The summed E-state index contributed by atoms with van der Waals surface area (Å²) in [5.74, 6) is 0.219. The summed E-state index contributed by atoms with van der Waals surface area (Å²) < 4.78 is 36.4. The summed E-state index contributed by atoms with van der Waals surface area (Å²) in [6.07, 6.45) is 2.62. The van der Waals surface area contributed by atoms with Crippen LogP contribution in [0.15, 0.2) is 58.3 Å². The van der Waals surface area contributed by atoms with Gasteiger partial charge in [0.25, 0.3) is 0 Å². The van der Waals surface area contributed by atoms with Crippen molar-refractivity contribution in [1.82, 2.24) is 4.90 Å². The molecule has 1 heterocycles. The Hall–Kier alpha value is -1.91. The Morgan fingerprint density at radius 3 is 2.39 bits per heavy atom. The van der Waals surface area contributed by atoms with Gasteiger partial charge >= 0.3 is 0 Å². The predicted molar refractivity (Wildman–Crippen MR) is 133 cm³/mol. The number of carbonyl (C=O) groups is 1. The van der Waals surface area contributed by atoms with Crippen molar-refractivity contribution in [3.63, 3.8) is 0 Å². The van der Waals surface area contributed by atoms with Gasteiger partial charge in [0.1, 0.15) is 10.6 Å². The van der Waals surface area contributed by atoms with Crippen LogP contribution in [0.5, 0.6) is 0 Å². The minimum atomic E-state index is -4.07. The summed E-state index contributed by atoms with van der Waals surface area (Å²) in [5, 5.41) is 5.33. The highest BCUT2D eigenvalue weighted by Gasteiger charge is 2.25. The molecule has 33 heavy (non-hydrogen) atoms. The normalized spacial score (nSPS) is 16.0. The van der Waals surface area contributed by atoms with Crippen LogP contribution in [0.1, 0.15) is 43.0 Å². The number of unbranched alkanes of at least 4 members (excludes halogenated alkanes) is 1. The molecule has 1 unspecified atom stereocenters. The molecule has 0 saturated carbocycles. The fourth-order valence-corrected chi connectivity index (χ4v) is 6.38. The molecule has 1 saturated heterocycles. The van der Waals surface area contributed by atoms with Gasteiger partial charge in [0, 0.05) is 43.9 Å². The summed E-state index contributed by atoms with van der Waals surface area (Å²) in [6, 6.07) is 14.7. The molecule has 0 aromatic heterocycles. The molecule has 2 N–H and O–H groups in total. The van der Waals surface area contributed by atoms with Crippen molar-refractivity contribution in [2.45, 2.75) is 42.4 Å². The molecule has 1 atom stereocenters. The Balaban J connectivity index is 1.48. The van der Waals surface area contributed by atoms with Crippen molar-refractivity contribution in [2.75, 3.05) is 43.4 Å². The van der Waals surface area contributed by atoms with E-state index in [-0.39, 0.29) is 15.6 Å². The minimum absolute atomic E-state index is 0.123. The summed E-state index contributed by atoms with van der Waals surface area (Å²) in [6.45, 7) is 6.78. The fraction of sp³-hybridized carbons (Fsp3) is 0.458. The number of nitrogens with two attached hydrogens (primary N) is 1. The molecule has 1 aliphatic heterocycles. The van der Waals surface area contributed by atoms with Gasteiger partial charge in [0.15, 0.2) is 10.7 Å². The van der Waals surface area contributed by atoms with E-state index in [4.69, 9.17) is 5.14 Å². The topological polar surface area (TPSA) is 107 Å². The Bertz CT molecular complexity index is 1020. The Kier molecular flexibility index (Phi) is 9.34.